The lowest BCUT2D eigenvalue weighted by atomic mass is 9.90. The van der Waals surface area contributed by atoms with Crippen LogP contribution < -0.4 is 12.3 Å². The zero-order valence-electron chi connectivity index (χ0n) is 8.04. The predicted octanol–water partition coefficient (Wildman–Crippen LogP) is 3.55. The summed E-state index contributed by atoms with van der Waals surface area (Å²) in [5, 5.41) is 0. The van der Waals surface area contributed by atoms with Crippen LogP contribution in [0.2, 0.25) is 0 Å². The minimum atomic E-state index is 0. The summed E-state index contributed by atoms with van der Waals surface area (Å²) in [7, 11) is 0. The summed E-state index contributed by atoms with van der Waals surface area (Å²) in [5.74, 6) is 0. The fraction of sp³-hybridized carbons (Fsp3) is 1.00. The van der Waals surface area contributed by atoms with Crippen molar-refractivity contribution in [3.63, 3.8) is 0 Å². The van der Waals surface area contributed by atoms with Crippen molar-refractivity contribution in [1.29, 1.82) is 0 Å². The largest absolute Gasteiger partial charge is 0.344 e. The molecule has 0 unspecified atom stereocenters. The van der Waals surface area contributed by atoms with Gasteiger partial charge in [0.05, 0.1) is 0 Å². The Balaban J connectivity index is -0.000000245. The summed E-state index contributed by atoms with van der Waals surface area (Å²) in [6, 6.07) is 0. The molecule has 0 rings (SSSR count). The normalized spacial score (nSPS) is 9.60. The van der Waals surface area contributed by atoms with E-state index < -0.39 is 0 Å². The minimum Gasteiger partial charge on any atom is -0.344 e. The second-order valence-corrected chi connectivity index (χ2v) is 3.66. The lowest BCUT2D eigenvalue weighted by Crippen LogP contribution is -2.03. The lowest BCUT2D eigenvalue weighted by molar-refractivity contribution is 0.363. The van der Waals surface area contributed by atoms with Gasteiger partial charge in [-0.15, -0.1) is 0 Å². The summed E-state index contributed by atoms with van der Waals surface area (Å²) in [5.41, 5.74) is 0.552. The number of hydrogen-bond donors (Lipinski definition) is 2. The molecule has 0 bridgehead atoms. The first kappa shape index (κ1) is 16.5. The highest BCUT2D eigenvalue weighted by molar-refractivity contribution is 4.59. The first-order chi connectivity index (χ1) is 3.56. The quantitative estimate of drug-likeness (QED) is 0.628. The van der Waals surface area contributed by atoms with E-state index in [4.69, 9.17) is 0 Å². The second-order valence-electron chi connectivity index (χ2n) is 3.66. The lowest BCUT2D eigenvalue weighted by Gasteiger charge is -2.16. The van der Waals surface area contributed by atoms with Gasteiger partial charge < -0.3 is 12.3 Å². The van der Waals surface area contributed by atoms with Crippen molar-refractivity contribution in [2.24, 2.45) is 5.41 Å². The molecule has 0 heterocycles. The van der Waals surface area contributed by atoms with Crippen LogP contribution in [0.5, 0.6) is 0 Å². The smallest absolute Gasteiger partial charge is 0.0383 e. The van der Waals surface area contributed by atoms with Gasteiger partial charge in [-0.25, -0.2) is 0 Å². The van der Waals surface area contributed by atoms with E-state index in [1.807, 2.05) is 0 Å². The molecule has 0 aromatic carbocycles. The molecule has 10 heavy (non-hydrogen) atoms. The van der Waals surface area contributed by atoms with Crippen molar-refractivity contribution >= 4 is 0 Å². The van der Waals surface area contributed by atoms with Crippen LogP contribution in [0, 0.1) is 5.41 Å². The molecule has 2 heteroatoms. The highest BCUT2D eigenvalue weighted by atomic mass is 14.1. The molecule has 0 aliphatic heterocycles. The van der Waals surface area contributed by atoms with E-state index in [2.05, 4.69) is 27.7 Å². The highest BCUT2D eigenvalue weighted by Crippen LogP contribution is 2.20. The van der Waals surface area contributed by atoms with Crippen LogP contribution in [0.1, 0.15) is 47.0 Å². The Hall–Kier alpha value is -0.0800. The summed E-state index contributed by atoms with van der Waals surface area (Å²) in [6.07, 6.45) is 4.07. The van der Waals surface area contributed by atoms with Crippen LogP contribution >= 0.6 is 0 Å². The number of rotatable bonds is 2. The van der Waals surface area contributed by atoms with Gasteiger partial charge in [0.2, 0.25) is 0 Å². The number of hydrogen-bond acceptors (Lipinski definition) is 2. The Kier molecular flexibility index (Phi) is 11.6. The Bertz CT molecular complexity index is 54.8. The average Bonchev–Trinajstić information content (AvgIpc) is 1.59. The van der Waals surface area contributed by atoms with Gasteiger partial charge in [0.15, 0.2) is 0 Å². The first-order valence-corrected chi connectivity index (χ1v) is 3.56. The molecule has 0 aliphatic carbocycles. The molecule has 0 saturated heterocycles. The molecule has 0 radical (unpaired) electrons. The van der Waals surface area contributed by atoms with Crippen LogP contribution in [-0.2, 0) is 0 Å². The molecule has 0 atom stereocenters. The van der Waals surface area contributed by atoms with Gasteiger partial charge in [-0.05, 0) is 11.8 Å². The Morgan fingerprint density at radius 1 is 1.00 bits per heavy atom. The fourth-order valence-electron chi connectivity index (χ4n) is 0.707. The third-order valence-electron chi connectivity index (χ3n) is 1.28. The average molecular weight is 148 g/mol. The number of unbranched alkanes of at least 4 members (excludes halogenated alkanes) is 1. The minimum absolute atomic E-state index is 0. The van der Waals surface area contributed by atoms with Gasteiger partial charge in [0.25, 0.3) is 0 Å². The predicted molar refractivity (Wildman–Crippen MR) is 49.0 cm³/mol. The van der Waals surface area contributed by atoms with Crippen LogP contribution in [0.3, 0.4) is 0 Å². The molecule has 6 N–H and O–H groups in total. The fourth-order valence-corrected chi connectivity index (χ4v) is 0.707. The van der Waals surface area contributed by atoms with E-state index >= 15 is 0 Å². The summed E-state index contributed by atoms with van der Waals surface area (Å²) >= 11 is 0. The van der Waals surface area contributed by atoms with Gasteiger partial charge in [0.1, 0.15) is 0 Å². The molecule has 0 amide bonds. The second kappa shape index (κ2) is 7.03. The van der Waals surface area contributed by atoms with Crippen LogP contribution in [0.4, 0.5) is 0 Å². The SMILES string of the molecule is CCCCC(C)(C)C.N.N. The standard InChI is InChI=1S/C8H18.2H3N/c1-5-6-7-8(2,3)4;;/h5-7H2,1-4H3;2*1H3. The Morgan fingerprint density at radius 2 is 1.40 bits per heavy atom. The first-order valence-electron chi connectivity index (χ1n) is 3.56. The molecular formula is C8H24N2. The molecule has 0 fully saturated rings. The van der Waals surface area contributed by atoms with E-state index in [-0.39, 0.29) is 12.3 Å². The van der Waals surface area contributed by atoms with E-state index in [0.29, 0.717) is 5.41 Å². The summed E-state index contributed by atoms with van der Waals surface area (Å²) in [4.78, 5) is 0. The van der Waals surface area contributed by atoms with Crippen molar-refractivity contribution in [3.8, 4) is 0 Å². The molecule has 0 saturated carbocycles. The van der Waals surface area contributed by atoms with Crippen molar-refractivity contribution in [3.05, 3.63) is 0 Å². The van der Waals surface area contributed by atoms with Crippen molar-refractivity contribution < 1.29 is 0 Å². The monoisotopic (exact) mass is 148 g/mol. The molecule has 0 spiro atoms. The third kappa shape index (κ3) is 15.7. The van der Waals surface area contributed by atoms with E-state index in [0.717, 1.165) is 0 Å². The maximum atomic E-state index is 2.29. The Labute approximate surface area is 65.6 Å². The van der Waals surface area contributed by atoms with Gasteiger partial charge in [-0.1, -0.05) is 40.5 Å². The van der Waals surface area contributed by atoms with Gasteiger partial charge in [-0.3, -0.25) is 0 Å². The third-order valence-corrected chi connectivity index (χ3v) is 1.28. The Morgan fingerprint density at radius 3 is 1.50 bits per heavy atom. The van der Waals surface area contributed by atoms with E-state index in [1.165, 1.54) is 19.3 Å². The van der Waals surface area contributed by atoms with E-state index in [9.17, 15) is 0 Å². The van der Waals surface area contributed by atoms with Gasteiger partial charge in [0, 0.05) is 0 Å². The zero-order valence-corrected chi connectivity index (χ0v) is 8.04. The molecule has 0 aromatic rings. The van der Waals surface area contributed by atoms with Crippen molar-refractivity contribution in [2.45, 2.75) is 47.0 Å². The highest BCUT2D eigenvalue weighted by Gasteiger charge is 2.07. The summed E-state index contributed by atoms with van der Waals surface area (Å²) < 4.78 is 0. The topological polar surface area (TPSA) is 70.0 Å². The van der Waals surface area contributed by atoms with Crippen molar-refractivity contribution in [1.82, 2.24) is 12.3 Å². The van der Waals surface area contributed by atoms with Gasteiger partial charge in [-0.2, -0.15) is 0 Å². The molecular weight excluding hydrogens is 124 g/mol. The maximum Gasteiger partial charge on any atom is -0.0383 e. The summed E-state index contributed by atoms with van der Waals surface area (Å²) in [6.45, 7) is 9.12. The van der Waals surface area contributed by atoms with Crippen LogP contribution in [0.15, 0.2) is 0 Å². The molecule has 66 valence electrons. The zero-order chi connectivity index (χ0) is 6.62. The molecule has 2 nitrogen and oxygen atoms in total. The van der Waals surface area contributed by atoms with Crippen LogP contribution in [0.25, 0.3) is 0 Å². The molecule has 0 aromatic heterocycles. The van der Waals surface area contributed by atoms with Crippen LogP contribution in [-0.4, -0.2) is 0 Å². The maximum absolute atomic E-state index is 2.29. The van der Waals surface area contributed by atoms with E-state index in [1.54, 1.807) is 0 Å². The molecule has 0 aliphatic rings. The van der Waals surface area contributed by atoms with Crippen molar-refractivity contribution in [2.75, 3.05) is 0 Å². The van der Waals surface area contributed by atoms with Gasteiger partial charge >= 0.3 is 0 Å².